The summed E-state index contributed by atoms with van der Waals surface area (Å²) in [6.07, 6.45) is -3.95. The van der Waals surface area contributed by atoms with E-state index in [1.807, 2.05) is 0 Å². The first kappa shape index (κ1) is 25.4. The molecule has 28 heavy (non-hydrogen) atoms. The van der Waals surface area contributed by atoms with Gasteiger partial charge in [-0.2, -0.15) is 13.2 Å². The van der Waals surface area contributed by atoms with E-state index >= 15 is 0 Å². The van der Waals surface area contributed by atoms with Gasteiger partial charge in [0.05, 0.1) is 5.01 Å². The van der Waals surface area contributed by atoms with Crippen LogP contribution in [0.2, 0.25) is 0 Å². The molecule has 0 saturated carbocycles. The Hall–Kier alpha value is -0.660. The second-order valence-corrected chi connectivity index (χ2v) is 7.52. The lowest BCUT2D eigenvalue weighted by Gasteiger charge is -2.37. The van der Waals surface area contributed by atoms with Gasteiger partial charge >= 0.3 is 6.18 Å². The molecule has 1 aromatic rings. The SMILES string of the molecule is CCN1CCN(C(C)CNC(=NC)NCCc2nc(C(F)(F)F)cs2)CC1.I. The minimum Gasteiger partial charge on any atom is -0.356 e. The van der Waals surface area contributed by atoms with E-state index in [0.717, 1.165) is 56.0 Å². The summed E-state index contributed by atoms with van der Waals surface area (Å²) < 4.78 is 37.7. The van der Waals surface area contributed by atoms with Crippen molar-refractivity contribution in [2.45, 2.75) is 32.5 Å². The lowest BCUT2D eigenvalue weighted by atomic mass is 10.2. The summed E-state index contributed by atoms with van der Waals surface area (Å²) in [5.74, 6) is 0.654. The van der Waals surface area contributed by atoms with Crippen molar-refractivity contribution in [1.82, 2.24) is 25.4 Å². The standard InChI is InChI=1S/C17H29F3N6S.HI/c1-4-25-7-9-26(10-8-25)13(2)11-23-16(21-3)22-6-5-15-24-14(12-27-15)17(18,19)20;/h12-13H,4-11H2,1-3H3,(H2,21,22,23);1H. The topological polar surface area (TPSA) is 55.8 Å². The van der Waals surface area contributed by atoms with Crippen molar-refractivity contribution in [3.8, 4) is 0 Å². The highest BCUT2D eigenvalue weighted by atomic mass is 127. The predicted molar refractivity (Wildman–Crippen MR) is 119 cm³/mol. The zero-order chi connectivity index (χ0) is 19.9. The monoisotopic (exact) mass is 534 g/mol. The first-order valence-electron chi connectivity index (χ1n) is 9.26. The van der Waals surface area contributed by atoms with Gasteiger partial charge in [0, 0.05) is 64.2 Å². The third kappa shape index (κ3) is 7.99. The van der Waals surface area contributed by atoms with Crippen molar-refractivity contribution in [3.63, 3.8) is 0 Å². The summed E-state index contributed by atoms with van der Waals surface area (Å²) in [4.78, 5) is 12.7. The third-order valence-corrected chi connectivity index (χ3v) is 5.65. The van der Waals surface area contributed by atoms with E-state index in [1.165, 1.54) is 0 Å². The van der Waals surface area contributed by atoms with Crippen LogP contribution in [0, 0.1) is 0 Å². The summed E-state index contributed by atoms with van der Waals surface area (Å²) in [5, 5.41) is 7.96. The number of aliphatic imine (C=N–C) groups is 1. The molecule has 0 spiro atoms. The fourth-order valence-corrected chi connectivity index (χ4v) is 3.76. The molecule has 0 amide bonds. The number of hydrogen-bond acceptors (Lipinski definition) is 5. The Kier molecular flexibility index (Phi) is 11.0. The molecule has 2 N–H and O–H groups in total. The highest BCUT2D eigenvalue weighted by Gasteiger charge is 2.33. The minimum absolute atomic E-state index is 0. The number of guanidine groups is 1. The van der Waals surface area contributed by atoms with Gasteiger partial charge in [-0.3, -0.25) is 9.89 Å². The summed E-state index contributed by atoms with van der Waals surface area (Å²) in [6.45, 7) is 11.0. The molecule has 1 aliphatic rings. The lowest BCUT2D eigenvalue weighted by Crippen LogP contribution is -2.53. The largest absolute Gasteiger partial charge is 0.434 e. The normalized spacial score (nSPS) is 17.9. The van der Waals surface area contributed by atoms with Gasteiger partial charge in [-0.25, -0.2) is 4.98 Å². The van der Waals surface area contributed by atoms with E-state index in [1.54, 1.807) is 7.05 Å². The molecule has 11 heteroatoms. The Morgan fingerprint density at radius 1 is 1.29 bits per heavy atom. The van der Waals surface area contributed by atoms with Gasteiger partial charge in [-0.1, -0.05) is 6.92 Å². The smallest absolute Gasteiger partial charge is 0.356 e. The van der Waals surface area contributed by atoms with Gasteiger partial charge in [-0.05, 0) is 13.5 Å². The molecule has 1 saturated heterocycles. The van der Waals surface area contributed by atoms with Gasteiger partial charge < -0.3 is 15.5 Å². The number of nitrogens with one attached hydrogen (secondary N) is 2. The Balaban J connectivity index is 0.00000392. The molecule has 0 aromatic carbocycles. The van der Waals surface area contributed by atoms with E-state index in [4.69, 9.17) is 0 Å². The zero-order valence-electron chi connectivity index (χ0n) is 16.6. The predicted octanol–water partition coefficient (Wildman–Crippen LogP) is 2.51. The molecule has 2 rings (SSSR count). The summed E-state index contributed by atoms with van der Waals surface area (Å²) >= 11 is 1.03. The van der Waals surface area contributed by atoms with Crippen LogP contribution in [0.1, 0.15) is 24.5 Å². The Labute approximate surface area is 186 Å². The van der Waals surface area contributed by atoms with Crippen molar-refractivity contribution in [2.75, 3.05) is 52.9 Å². The van der Waals surface area contributed by atoms with E-state index in [-0.39, 0.29) is 24.0 Å². The van der Waals surface area contributed by atoms with Gasteiger partial charge in [0.25, 0.3) is 0 Å². The fraction of sp³-hybridized carbons (Fsp3) is 0.765. The lowest BCUT2D eigenvalue weighted by molar-refractivity contribution is -0.140. The molecular weight excluding hydrogens is 504 g/mol. The molecule has 1 atom stereocenters. The molecule has 1 fully saturated rings. The third-order valence-electron chi connectivity index (χ3n) is 4.74. The van der Waals surface area contributed by atoms with Crippen LogP contribution < -0.4 is 10.6 Å². The number of halogens is 4. The minimum atomic E-state index is -4.38. The van der Waals surface area contributed by atoms with Crippen molar-refractivity contribution >= 4 is 41.3 Å². The van der Waals surface area contributed by atoms with Crippen LogP contribution in [0.4, 0.5) is 13.2 Å². The van der Waals surface area contributed by atoms with Crippen LogP contribution in [0.3, 0.4) is 0 Å². The average molecular weight is 534 g/mol. The fourth-order valence-electron chi connectivity index (χ4n) is 2.96. The number of rotatable bonds is 7. The Bertz CT molecular complexity index is 602. The summed E-state index contributed by atoms with van der Waals surface area (Å²) in [7, 11) is 1.69. The van der Waals surface area contributed by atoms with Crippen LogP contribution in [-0.4, -0.2) is 79.6 Å². The first-order valence-corrected chi connectivity index (χ1v) is 10.1. The quantitative estimate of drug-likeness (QED) is 0.320. The number of likely N-dealkylation sites (N-methyl/N-ethyl adjacent to an activating group) is 1. The molecule has 1 aliphatic heterocycles. The average Bonchev–Trinajstić information content (AvgIpc) is 3.13. The van der Waals surface area contributed by atoms with Crippen molar-refractivity contribution in [2.24, 2.45) is 4.99 Å². The zero-order valence-corrected chi connectivity index (χ0v) is 19.7. The molecular formula is C17H30F3IN6S. The molecule has 1 unspecified atom stereocenters. The molecule has 162 valence electrons. The number of alkyl halides is 3. The van der Waals surface area contributed by atoms with Gasteiger partial charge in [0.1, 0.15) is 0 Å². The van der Waals surface area contributed by atoms with Gasteiger partial charge in [0.2, 0.25) is 0 Å². The molecule has 6 nitrogen and oxygen atoms in total. The first-order chi connectivity index (χ1) is 12.8. The van der Waals surface area contributed by atoms with Crippen LogP contribution >= 0.6 is 35.3 Å². The summed E-state index contributed by atoms with van der Waals surface area (Å²) in [5.41, 5.74) is -0.818. The number of aromatic nitrogens is 1. The molecule has 0 bridgehead atoms. The molecule has 0 radical (unpaired) electrons. The van der Waals surface area contributed by atoms with Crippen LogP contribution in [0.25, 0.3) is 0 Å². The maximum Gasteiger partial charge on any atom is 0.434 e. The number of nitrogens with zero attached hydrogens (tertiary/aromatic N) is 4. The highest BCUT2D eigenvalue weighted by Crippen LogP contribution is 2.29. The van der Waals surface area contributed by atoms with Gasteiger partial charge in [0.15, 0.2) is 11.7 Å². The molecule has 2 heterocycles. The maximum absolute atomic E-state index is 12.6. The van der Waals surface area contributed by atoms with Crippen LogP contribution in [0.5, 0.6) is 0 Å². The van der Waals surface area contributed by atoms with E-state index in [2.05, 4.69) is 44.3 Å². The van der Waals surface area contributed by atoms with Gasteiger partial charge in [-0.15, -0.1) is 35.3 Å². The maximum atomic E-state index is 12.6. The number of thiazole rings is 1. The Morgan fingerprint density at radius 2 is 1.96 bits per heavy atom. The number of piperazine rings is 1. The summed E-state index contributed by atoms with van der Waals surface area (Å²) in [6, 6.07) is 0.385. The van der Waals surface area contributed by atoms with Crippen molar-refractivity contribution in [1.29, 1.82) is 0 Å². The van der Waals surface area contributed by atoms with E-state index in [0.29, 0.717) is 30.0 Å². The second-order valence-electron chi connectivity index (χ2n) is 6.57. The van der Waals surface area contributed by atoms with Crippen molar-refractivity contribution in [3.05, 3.63) is 16.1 Å². The second kappa shape index (κ2) is 12.1. The van der Waals surface area contributed by atoms with E-state index < -0.39 is 11.9 Å². The van der Waals surface area contributed by atoms with Crippen LogP contribution in [-0.2, 0) is 12.6 Å². The van der Waals surface area contributed by atoms with Crippen molar-refractivity contribution < 1.29 is 13.2 Å². The molecule has 1 aromatic heterocycles. The highest BCUT2D eigenvalue weighted by molar-refractivity contribution is 14.0. The Morgan fingerprint density at radius 3 is 2.50 bits per heavy atom. The number of hydrogen-bond donors (Lipinski definition) is 2. The molecule has 0 aliphatic carbocycles. The van der Waals surface area contributed by atoms with E-state index in [9.17, 15) is 13.2 Å². The van der Waals surface area contributed by atoms with Crippen LogP contribution in [0.15, 0.2) is 10.4 Å².